The molecular formula is C22H32N4O6S2. The fourth-order valence-electron chi connectivity index (χ4n) is 3.49. The fourth-order valence-corrected chi connectivity index (χ4v) is 4.22. The van der Waals surface area contributed by atoms with Crippen molar-refractivity contribution in [3.8, 4) is 5.75 Å². The molecule has 6 N–H and O–H groups in total. The van der Waals surface area contributed by atoms with Crippen LogP contribution in [0.15, 0.2) is 24.3 Å². The molecule has 1 heterocycles. The van der Waals surface area contributed by atoms with Gasteiger partial charge in [0.25, 0.3) is 0 Å². The van der Waals surface area contributed by atoms with Gasteiger partial charge in [0.2, 0.25) is 17.7 Å². The Balaban J connectivity index is 2.01. The van der Waals surface area contributed by atoms with Crippen molar-refractivity contribution >= 4 is 48.1 Å². The molecule has 1 aliphatic rings. The van der Waals surface area contributed by atoms with E-state index in [9.17, 15) is 29.4 Å². The quantitative estimate of drug-likeness (QED) is 0.181. The molecule has 10 nitrogen and oxygen atoms in total. The van der Waals surface area contributed by atoms with E-state index in [1.54, 1.807) is 12.1 Å². The number of nitrogens with one attached hydrogen (secondary N) is 4. The standard InChI is InChI=1S/C22H32N4O6S2/c1-34-10-8-16(24-19(28)15-3-2-9-23-15)20(29)26-18(12-33)21(30)25-17(22(31)32)11-13-4-6-14(27)7-5-13/h4-7,15-18,23,27,33H,2-3,8-12H2,1H3,(H,24,28)(H,25,30)(H,26,29)(H,31,32). The maximum atomic E-state index is 12.9. The number of aromatic hydroxyl groups is 1. The number of amides is 3. The van der Waals surface area contributed by atoms with Gasteiger partial charge in [-0.1, -0.05) is 12.1 Å². The van der Waals surface area contributed by atoms with E-state index in [-0.39, 0.29) is 29.9 Å². The lowest BCUT2D eigenvalue weighted by atomic mass is 10.1. The van der Waals surface area contributed by atoms with Crippen molar-refractivity contribution in [3.63, 3.8) is 0 Å². The normalized spacial score (nSPS) is 17.9. The molecule has 1 aromatic rings. The second-order valence-electron chi connectivity index (χ2n) is 8.01. The predicted molar refractivity (Wildman–Crippen MR) is 133 cm³/mol. The molecule has 0 spiro atoms. The second-order valence-corrected chi connectivity index (χ2v) is 9.36. The number of carbonyl (C=O) groups excluding carboxylic acids is 3. The number of thiol groups is 1. The van der Waals surface area contributed by atoms with E-state index < -0.39 is 35.9 Å². The molecule has 0 bridgehead atoms. The predicted octanol–water partition coefficient (Wildman–Crippen LogP) is -0.0914. The topological polar surface area (TPSA) is 157 Å². The molecule has 0 aliphatic carbocycles. The van der Waals surface area contributed by atoms with Crippen molar-refractivity contribution < 1.29 is 29.4 Å². The van der Waals surface area contributed by atoms with Crippen LogP contribution in [0.1, 0.15) is 24.8 Å². The van der Waals surface area contributed by atoms with Gasteiger partial charge in [0.1, 0.15) is 23.9 Å². The van der Waals surface area contributed by atoms with Crippen LogP contribution in [0.4, 0.5) is 0 Å². The highest BCUT2D eigenvalue weighted by molar-refractivity contribution is 7.98. The number of carbonyl (C=O) groups is 4. The summed E-state index contributed by atoms with van der Waals surface area (Å²) in [6.45, 7) is 0.747. The molecule has 12 heteroatoms. The molecule has 0 saturated carbocycles. The lowest BCUT2D eigenvalue weighted by Crippen LogP contribution is -2.57. The summed E-state index contributed by atoms with van der Waals surface area (Å²) in [5.41, 5.74) is 0.609. The number of benzene rings is 1. The molecule has 4 unspecified atom stereocenters. The first-order valence-corrected chi connectivity index (χ1v) is 13.0. The fraction of sp³-hybridized carbons (Fsp3) is 0.545. The third-order valence-corrected chi connectivity index (χ3v) is 6.44. The number of hydrogen-bond acceptors (Lipinski definition) is 8. The van der Waals surface area contributed by atoms with Crippen LogP contribution in [0, 0.1) is 0 Å². The molecule has 34 heavy (non-hydrogen) atoms. The number of rotatable bonds is 13. The third-order valence-electron chi connectivity index (χ3n) is 5.43. The minimum Gasteiger partial charge on any atom is -0.508 e. The SMILES string of the molecule is CSCCC(NC(=O)C1CCCN1)C(=O)NC(CS)C(=O)NC(Cc1ccc(O)cc1)C(=O)O. The number of carboxylic acid groups (broad SMARTS) is 1. The molecule has 2 rings (SSSR count). The Hall–Kier alpha value is -2.44. The van der Waals surface area contributed by atoms with Gasteiger partial charge in [0, 0.05) is 12.2 Å². The van der Waals surface area contributed by atoms with Gasteiger partial charge in [-0.3, -0.25) is 14.4 Å². The summed E-state index contributed by atoms with van der Waals surface area (Å²) in [5, 5.41) is 29.8. The Morgan fingerprint density at radius 2 is 1.74 bits per heavy atom. The highest BCUT2D eigenvalue weighted by Crippen LogP contribution is 2.12. The largest absolute Gasteiger partial charge is 0.508 e. The van der Waals surface area contributed by atoms with E-state index in [0.717, 1.165) is 13.0 Å². The monoisotopic (exact) mass is 512 g/mol. The van der Waals surface area contributed by atoms with Gasteiger partial charge in [-0.2, -0.15) is 24.4 Å². The summed E-state index contributed by atoms with van der Waals surface area (Å²) in [6, 6.07) is 2.48. The van der Waals surface area contributed by atoms with Crippen molar-refractivity contribution in [2.24, 2.45) is 0 Å². The first-order valence-electron chi connectivity index (χ1n) is 11.0. The highest BCUT2D eigenvalue weighted by Gasteiger charge is 2.31. The average molecular weight is 513 g/mol. The Morgan fingerprint density at radius 3 is 2.29 bits per heavy atom. The zero-order chi connectivity index (χ0) is 25.1. The van der Waals surface area contributed by atoms with Crippen LogP contribution in [-0.4, -0.2) is 82.4 Å². The zero-order valence-corrected chi connectivity index (χ0v) is 20.7. The van der Waals surface area contributed by atoms with Crippen LogP contribution in [0.2, 0.25) is 0 Å². The van der Waals surface area contributed by atoms with Gasteiger partial charge >= 0.3 is 5.97 Å². The zero-order valence-electron chi connectivity index (χ0n) is 19.0. The molecule has 0 aromatic heterocycles. The number of thioether (sulfide) groups is 1. The highest BCUT2D eigenvalue weighted by atomic mass is 32.2. The molecule has 4 atom stereocenters. The Morgan fingerprint density at radius 1 is 1.09 bits per heavy atom. The van der Waals surface area contributed by atoms with Gasteiger partial charge in [0.05, 0.1) is 6.04 Å². The summed E-state index contributed by atoms with van der Waals surface area (Å²) in [7, 11) is 0. The Bertz CT molecular complexity index is 848. The summed E-state index contributed by atoms with van der Waals surface area (Å²) in [4.78, 5) is 49.8. The van der Waals surface area contributed by atoms with E-state index in [4.69, 9.17) is 0 Å². The van der Waals surface area contributed by atoms with Crippen LogP contribution in [0.5, 0.6) is 5.75 Å². The van der Waals surface area contributed by atoms with E-state index in [1.807, 2.05) is 6.26 Å². The van der Waals surface area contributed by atoms with Crippen LogP contribution < -0.4 is 21.3 Å². The number of phenols is 1. The van der Waals surface area contributed by atoms with E-state index in [1.165, 1.54) is 23.9 Å². The van der Waals surface area contributed by atoms with Gasteiger partial charge in [-0.05, 0) is 55.5 Å². The van der Waals surface area contributed by atoms with E-state index in [2.05, 4.69) is 33.9 Å². The van der Waals surface area contributed by atoms with Crippen LogP contribution in [0.3, 0.4) is 0 Å². The molecule has 3 amide bonds. The molecule has 188 valence electrons. The number of carboxylic acids is 1. The first-order chi connectivity index (χ1) is 16.2. The van der Waals surface area contributed by atoms with Crippen molar-refractivity contribution in [1.82, 2.24) is 21.3 Å². The van der Waals surface area contributed by atoms with Crippen LogP contribution in [0.25, 0.3) is 0 Å². The van der Waals surface area contributed by atoms with Crippen LogP contribution >= 0.6 is 24.4 Å². The van der Waals surface area contributed by atoms with Crippen LogP contribution in [-0.2, 0) is 25.6 Å². The summed E-state index contributed by atoms with van der Waals surface area (Å²) < 4.78 is 0. The summed E-state index contributed by atoms with van der Waals surface area (Å²) in [6.07, 6.45) is 3.85. The molecule has 1 saturated heterocycles. The number of phenolic OH excluding ortho intramolecular Hbond substituents is 1. The Labute approximate surface area is 208 Å². The first kappa shape index (κ1) is 27.8. The van der Waals surface area contributed by atoms with Gasteiger partial charge in [-0.15, -0.1) is 0 Å². The van der Waals surface area contributed by atoms with Gasteiger partial charge in [0.15, 0.2) is 0 Å². The molecule has 1 aromatic carbocycles. The minimum absolute atomic E-state index is 0.00458. The Kier molecular flexibility index (Phi) is 11.5. The van der Waals surface area contributed by atoms with Crippen molar-refractivity contribution in [3.05, 3.63) is 29.8 Å². The minimum atomic E-state index is -1.24. The van der Waals surface area contributed by atoms with Gasteiger partial charge < -0.3 is 31.5 Å². The average Bonchev–Trinajstić information content (AvgIpc) is 3.35. The molecule has 1 aliphatic heterocycles. The molecule has 0 radical (unpaired) electrons. The smallest absolute Gasteiger partial charge is 0.326 e. The maximum absolute atomic E-state index is 12.9. The maximum Gasteiger partial charge on any atom is 0.326 e. The van der Waals surface area contributed by atoms with E-state index in [0.29, 0.717) is 24.2 Å². The lowest BCUT2D eigenvalue weighted by molar-refractivity contribution is -0.142. The summed E-state index contributed by atoms with van der Waals surface area (Å²) >= 11 is 5.67. The van der Waals surface area contributed by atoms with Gasteiger partial charge in [-0.25, -0.2) is 4.79 Å². The van der Waals surface area contributed by atoms with E-state index >= 15 is 0 Å². The van der Waals surface area contributed by atoms with Crippen molar-refractivity contribution in [2.75, 3.05) is 24.3 Å². The van der Waals surface area contributed by atoms with Crippen molar-refractivity contribution in [2.45, 2.75) is 49.9 Å². The number of aliphatic carboxylic acids is 1. The van der Waals surface area contributed by atoms with Crippen molar-refractivity contribution in [1.29, 1.82) is 0 Å². The molecule has 1 fully saturated rings. The third kappa shape index (κ3) is 8.73. The lowest BCUT2D eigenvalue weighted by Gasteiger charge is -2.24. The second kappa shape index (κ2) is 14.1. The number of hydrogen-bond donors (Lipinski definition) is 7. The molecular weight excluding hydrogens is 480 g/mol. The summed E-state index contributed by atoms with van der Waals surface area (Å²) in [5.74, 6) is -2.10.